The lowest BCUT2D eigenvalue weighted by Gasteiger charge is -2.12. The molecule has 0 aliphatic heterocycles. The smallest absolute Gasteiger partial charge is 0.127 e. The topological polar surface area (TPSA) is 26.0 Å². The summed E-state index contributed by atoms with van der Waals surface area (Å²) in [5, 5.41) is 0. The van der Waals surface area contributed by atoms with Crippen LogP contribution in [0.4, 0.5) is 4.39 Å². The lowest BCUT2D eigenvalue weighted by Crippen LogP contribution is -2.11. The Morgan fingerprint density at radius 3 is 2.16 bits per heavy atom. The van der Waals surface area contributed by atoms with E-state index in [2.05, 4.69) is 6.92 Å². The van der Waals surface area contributed by atoms with E-state index in [1.54, 1.807) is 12.1 Å². The molecule has 0 heterocycles. The maximum Gasteiger partial charge on any atom is 0.127 e. The van der Waals surface area contributed by atoms with Gasteiger partial charge in [0.15, 0.2) is 0 Å². The number of nitrogens with two attached hydrogens (primary N) is 1. The SMILES string of the molecule is CCCCCCCCCCC(N)c1ccccc1F. The lowest BCUT2D eigenvalue weighted by atomic mass is 10.00. The highest BCUT2D eigenvalue weighted by Crippen LogP contribution is 2.20. The highest BCUT2D eigenvalue weighted by molar-refractivity contribution is 5.20. The minimum Gasteiger partial charge on any atom is -0.324 e. The van der Waals surface area contributed by atoms with Gasteiger partial charge < -0.3 is 5.73 Å². The minimum atomic E-state index is -0.172. The Kier molecular flexibility index (Phi) is 8.48. The van der Waals surface area contributed by atoms with Gasteiger partial charge in [0.05, 0.1) is 0 Å². The van der Waals surface area contributed by atoms with E-state index < -0.39 is 0 Å². The average molecular weight is 265 g/mol. The summed E-state index contributed by atoms with van der Waals surface area (Å²) < 4.78 is 13.5. The summed E-state index contributed by atoms with van der Waals surface area (Å²) in [6, 6.07) is 6.70. The summed E-state index contributed by atoms with van der Waals surface area (Å²) in [6.07, 6.45) is 11.2. The lowest BCUT2D eigenvalue weighted by molar-refractivity contribution is 0.518. The molecule has 0 saturated carbocycles. The highest BCUT2D eigenvalue weighted by atomic mass is 19.1. The Labute approximate surface area is 117 Å². The van der Waals surface area contributed by atoms with Crippen LogP contribution in [-0.2, 0) is 0 Å². The van der Waals surface area contributed by atoms with Gasteiger partial charge in [-0.2, -0.15) is 0 Å². The molecule has 1 rings (SSSR count). The molecule has 19 heavy (non-hydrogen) atoms. The molecule has 0 bridgehead atoms. The van der Waals surface area contributed by atoms with Crippen molar-refractivity contribution in [2.75, 3.05) is 0 Å². The van der Waals surface area contributed by atoms with E-state index in [4.69, 9.17) is 5.73 Å². The first-order valence-electron chi connectivity index (χ1n) is 7.75. The van der Waals surface area contributed by atoms with Gasteiger partial charge in [0.1, 0.15) is 5.82 Å². The van der Waals surface area contributed by atoms with Gasteiger partial charge in [-0.05, 0) is 12.5 Å². The normalized spacial score (nSPS) is 12.6. The Hall–Kier alpha value is -0.890. The highest BCUT2D eigenvalue weighted by Gasteiger charge is 2.09. The van der Waals surface area contributed by atoms with Gasteiger partial charge in [0, 0.05) is 11.6 Å². The fourth-order valence-electron chi connectivity index (χ4n) is 2.43. The van der Waals surface area contributed by atoms with Crippen LogP contribution < -0.4 is 5.73 Å². The number of benzene rings is 1. The zero-order valence-corrected chi connectivity index (χ0v) is 12.2. The molecule has 1 atom stereocenters. The standard InChI is InChI=1S/C17H28FN/c1-2-3-4-5-6-7-8-9-14-17(19)15-12-10-11-13-16(15)18/h10-13,17H,2-9,14,19H2,1H3. The van der Waals surface area contributed by atoms with E-state index in [1.165, 1.54) is 51.0 Å². The molecule has 1 nitrogen and oxygen atoms in total. The molecule has 0 fully saturated rings. The first kappa shape index (κ1) is 16.2. The first-order valence-corrected chi connectivity index (χ1v) is 7.75. The molecular formula is C17H28FN. The Bertz CT molecular complexity index is 338. The molecule has 2 N–H and O–H groups in total. The molecule has 0 aliphatic rings. The van der Waals surface area contributed by atoms with Crippen LogP contribution in [0, 0.1) is 5.82 Å². The van der Waals surface area contributed by atoms with Crippen molar-refractivity contribution < 1.29 is 4.39 Å². The predicted octanol–water partition coefficient (Wildman–Crippen LogP) is 5.36. The van der Waals surface area contributed by atoms with Crippen molar-refractivity contribution >= 4 is 0 Å². The van der Waals surface area contributed by atoms with Crippen LogP contribution in [0.15, 0.2) is 24.3 Å². The van der Waals surface area contributed by atoms with Gasteiger partial charge in [0.25, 0.3) is 0 Å². The van der Waals surface area contributed by atoms with E-state index in [-0.39, 0.29) is 11.9 Å². The zero-order chi connectivity index (χ0) is 13.9. The van der Waals surface area contributed by atoms with Gasteiger partial charge in [-0.1, -0.05) is 76.5 Å². The van der Waals surface area contributed by atoms with Crippen molar-refractivity contribution in [3.8, 4) is 0 Å². The third kappa shape index (κ3) is 6.72. The van der Waals surface area contributed by atoms with Crippen molar-refractivity contribution in [3.05, 3.63) is 35.6 Å². The van der Waals surface area contributed by atoms with Crippen LogP contribution in [0.25, 0.3) is 0 Å². The Morgan fingerprint density at radius 2 is 1.53 bits per heavy atom. The fraction of sp³-hybridized carbons (Fsp3) is 0.647. The van der Waals surface area contributed by atoms with Crippen molar-refractivity contribution in [2.45, 2.75) is 70.8 Å². The van der Waals surface area contributed by atoms with Crippen molar-refractivity contribution in [1.29, 1.82) is 0 Å². The van der Waals surface area contributed by atoms with E-state index >= 15 is 0 Å². The van der Waals surface area contributed by atoms with Gasteiger partial charge in [-0.15, -0.1) is 0 Å². The second-order valence-corrected chi connectivity index (χ2v) is 5.39. The van der Waals surface area contributed by atoms with E-state index in [9.17, 15) is 4.39 Å². The van der Waals surface area contributed by atoms with Crippen LogP contribution in [0.2, 0.25) is 0 Å². The molecule has 1 aromatic rings. The second kappa shape index (κ2) is 9.96. The van der Waals surface area contributed by atoms with Crippen LogP contribution in [0.3, 0.4) is 0 Å². The minimum absolute atomic E-state index is 0.152. The Balaban J connectivity index is 2.08. The summed E-state index contributed by atoms with van der Waals surface area (Å²) in [7, 11) is 0. The maximum absolute atomic E-state index is 13.5. The van der Waals surface area contributed by atoms with Crippen LogP contribution in [0.5, 0.6) is 0 Å². The third-order valence-electron chi connectivity index (χ3n) is 3.67. The summed E-state index contributed by atoms with van der Waals surface area (Å²) in [5.74, 6) is -0.172. The van der Waals surface area contributed by atoms with Crippen molar-refractivity contribution in [3.63, 3.8) is 0 Å². The molecule has 0 aromatic heterocycles. The molecule has 1 aromatic carbocycles. The molecule has 0 spiro atoms. The second-order valence-electron chi connectivity index (χ2n) is 5.39. The van der Waals surface area contributed by atoms with E-state index in [0.29, 0.717) is 5.56 Å². The monoisotopic (exact) mass is 265 g/mol. The molecule has 0 aliphatic carbocycles. The first-order chi connectivity index (χ1) is 9.25. The number of hydrogen-bond donors (Lipinski definition) is 1. The molecule has 0 radical (unpaired) electrons. The van der Waals surface area contributed by atoms with E-state index in [0.717, 1.165) is 12.8 Å². The van der Waals surface area contributed by atoms with Gasteiger partial charge >= 0.3 is 0 Å². The van der Waals surface area contributed by atoms with Crippen molar-refractivity contribution in [2.24, 2.45) is 5.73 Å². The van der Waals surface area contributed by atoms with Crippen LogP contribution in [0.1, 0.15) is 76.3 Å². The van der Waals surface area contributed by atoms with Gasteiger partial charge in [0.2, 0.25) is 0 Å². The number of halogens is 1. The summed E-state index contributed by atoms with van der Waals surface area (Å²) in [6.45, 7) is 2.24. The molecule has 2 heteroatoms. The average Bonchev–Trinajstić information content (AvgIpc) is 2.42. The molecular weight excluding hydrogens is 237 g/mol. The number of hydrogen-bond acceptors (Lipinski definition) is 1. The quantitative estimate of drug-likeness (QED) is 0.566. The zero-order valence-electron chi connectivity index (χ0n) is 12.2. The van der Waals surface area contributed by atoms with E-state index in [1.807, 2.05) is 6.07 Å². The number of unbranched alkanes of at least 4 members (excludes halogenated alkanes) is 7. The molecule has 1 unspecified atom stereocenters. The van der Waals surface area contributed by atoms with Crippen LogP contribution >= 0.6 is 0 Å². The largest absolute Gasteiger partial charge is 0.324 e. The van der Waals surface area contributed by atoms with Gasteiger partial charge in [-0.25, -0.2) is 4.39 Å². The maximum atomic E-state index is 13.5. The molecule has 108 valence electrons. The number of rotatable bonds is 10. The third-order valence-corrected chi connectivity index (χ3v) is 3.67. The summed E-state index contributed by atoms with van der Waals surface area (Å²) in [4.78, 5) is 0. The summed E-state index contributed by atoms with van der Waals surface area (Å²) >= 11 is 0. The molecule has 0 saturated heterocycles. The van der Waals surface area contributed by atoms with Gasteiger partial charge in [-0.3, -0.25) is 0 Å². The predicted molar refractivity (Wildman–Crippen MR) is 80.6 cm³/mol. The Morgan fingerprint density at radius 1 is 0.947 bits per heavy atom. The molecule has 0 amide bonds. The van der Waals surface area contributed by atoms with Crippen LogP contribution in [-0.4, -0.2) is 0 Å². The van der Waals surface area contributed by atoms with Crippen molar-refractivity contribution in [1.82, 2.24) is 0 Å². The summed E-state index contributed by atoms with van der Waals surface area (Å²) in [5.41, 5.74) is 6.69. The fourth-order valence-corrected chi connectivity index (χ4v) is 2.43.